The van der Waals surface area contributed by atoms with Crippen molar-refractivity contribution in [1.82, 2.24) is 4.98 Å². The number of piperidine rings is 1. The Morgan fingerprint density at radius 2 is 1.82 bits per heavy atom. The molecule has 0 aliphatic carbocycles. The predicted molar refractivity (Wildman–Crippen MR) is 115 cm³/mol. The number of pyridine rings is 1. The summed E-state index contributed by atoms with van der Waals surface area (Å²) in [6, 6.07) is 12.4. The van der Waals surface area contributed by atoms with Gasteiger partial charge in [0.25, 0.3) is 5.91 Å². The van der Waals surface area contributed by atoms with Crippen molar-refractivity contribution in [1.29, 1.82) is 0 Å². The van der Waals surface area contributed by atoms with E-state index in [0.717, 1.165) is 37.6 Å². The Morgan fingerprint density at radius 3 is 2.57 bits per heavy atom. The van der Waals surface area contributed by atoms with E-state index in [0.29, 0.717) is 11.6 Å². The Hall–Kier alpha value is -2.56. The van der Waals surface area contributed by atoms with Gasteiger partial charge in [-0.1, -0.05) is 6.92 Å². The number of rotatable bonds is 5. The fourth-order valence-corrected chi connectivity index (χ4v) is 4.38. The third kappa shape index (κ3) is 4.13. The van der Waals surface area contributed by atoms with E-state index in [1.807, 2.05) is 18.2 Å². The van der Waals surface area contributed by atoms with Crippen molar-refractivity contribution in [2.24, 2.45) is 0 Å². The van der Waals surface area contributed by atoms with Crippen LogP contribution in [0.4, 0.5) is 17.2 Å². The topological polar surface area (TPSA) is 48.5 Å². The van der Waals surface area contributed by atoms with E-state index in [9.17, 15) is 4.79 Å². The van der Waals surface area contributed by atoms with Crippen LogP contribution in [-0.2, 0) is 0 Å². The highest BCUT2D eigenvalue weighted by Gasteiger charge is 2.22. The van der Waals surface area contributed by atoms with E-state index >= 15 is 0 Å². The van der Waals surface area contributed by atoms with Gasteiger partial charge < -0.3 is 15.1 Å². The molecule has 1 N–H and O–H groups in total. The van der Waals surface area contributed by atoms with Gasteiger partial charge in [0.15, 0.2) is 0 Å². The standard InChI is InChI=1S/C23H30N4O/c1-2-20-7-3-4-16-27(20)22-17-18(12-13-24-22)23(28)25-19-8-10-21(11-9-19)26-14-5-6-15-26/h8-13,17,20H,2-7,14-16H2,1H3,(H,25,28). The first-order valence-corrected chi connectivity index (χ1v) is 10.6. The summed E-state index contributed by atoms with van der Waals surface area (Å²) in [5, 5.41) is 3.03. The van der Waals surface area contributed by atoms with E-state index in [-0.39, 0.29) is 5.91 Å². The molecule has 0 saturated carbocycles. The maximum Gasteiger partial charge on any atom is 0.255 e. The number of carbonyl (C=O) groups excluding carboxylic acids is 1. The molecule has 5 heteroatoms. The molecule has 2 fully saturated rings. The van der Waals surface area contributed by atoms with Gasteiger partial charge in [-0.25, -0.2) is 4.98 Å². The fourth-order valence-electron chi connectivity index (χ4n) is 4.38. The number of nitrogens with one attached hydrogen (secondary N) is 1. The number of nitrogens with zero attached hydrogens (tertiary/aromatic N) is 3. The minimum atomic E-state index is -0.0809. The Balaban J connectivity index is 1.44. The van der Waals surface area contributed by atoms with E-state index < -0.39 is 0 Å². The lowest BCUT2D eigenvalue weighted by molar-refractivity contribution is 0.102. The summed E-state index contributed by atoms with van der Waals surface area (Å²) in [6.07, 6.45) is 9.07. The largest absolute Gasteiger partial charge is 0.372 e. The summed E-state index contributed by atoms with van der Waals surface area (Å²) in [4.78, 5) is 22.1. The Bertz CT molecular complexity index is 799. The molecule has 3 heterocycles. The van der Waals surface area contributed by atoms with Crippen molar-refractivity contribution in [2.45, 2.75) is 51.5 Å². The van der Waals surface area contributed by atoms with Crippen molar-refractivity contribution < 1.29 is 4.79 Å². The molecule has 2 aliphatic heterocycles. The summed E-state index contributed by atoms with van der Waals surface area (Å²) in [5.74, 6) is 0.839. The van der Waals surface area contributed by atoms with Crippen LogP contribution in [0.25, 0.3) is 0 Å². The fraction of sp³-hybridized carbons (Fsp3) is 0.478. The lowest BCUT2D eigenvalue weighted by atomic mass is 10.00. The molecule has 2 saturated heterocycles. The summed E-state index contributed by atoms with van der Waals surface area (Å²) >= 11 is 0. The SMILES string of the molecule is CCC1CCCCN1c1cc(C(=O)Nc2ccc(N3CCCC3)cc2)ccn1. The van der Waals surface area contributed by atoms with Gasteiger partial charge in [0.2, 0.25) is 0 Å². The smallest absolute Gasteiger partial charge is 0.255 e. The summed E-state index contributed by atoms with van der Waals surface area (Å²) < 4.78 is 0. The zero-order valence-corrected chi connectivity index (χ0v) is 16.7. The molecule has 5 nitrogen and oxygen atoms in total. The molecule has 2 aromatic rings. The number of anilines is 3. The van der Waals surface area contributed by atoms with Crippen LogP contribution in [0.5, 0.6) is 0 Å². The molecule has 148 valence electrons. The molecule has 0 radical (unpaired) electrons. The third-order valence-electron chi connectivity index (χ3n) is 6.00. The van der Waals surface area contributed by atoms with Gasteiger partial charge in [-0.3, -0.25) is 4.79 Å². The second-order valence-electron chi connectivity index (χ2n) is 7.85. The lowest BCUT2D eigenvalue weighted by Gasteiger charge is -2.36. The number of aromatic nitrogens is 1. The predicted octanol–water partition coefficient (Wildman–Crippen LogP) is 4.70. The molecule has 1 unspecified atom stereocenters. The second-order valence-corrected chi connectivity index (χ2v) is 7.85. The zero-order chi connectivity index (χ0) is 19.3. The van der Waals surface area contributed by atoms with E-state index in [1.54, 1.807) is 12.3 Å². The molecular formula is C23H30N4O. The van der Waals surface area contributed by atoms with Gasteiger partial charge in [0.1, 0.15) is 5.82 Å². The van der Waals surface area contributed by atoms with Crippen LogP contribution in [0.1, 0.15) is 55.8 Å². The normalized spacial score (nSPS) is 19.7. The van der Waals surface area contributed by atoms with Gasteiger partial charge in [-0.05, 0) is 74.9 Å². The highest BCUT2D eigenvalue weighted by Crippen LogP contribution is 2.26. The third-order valence-corrected chi connectivity index (χ3v) is 6.00. The number of carbonyl (C=O) groups is 1. The van der Waals surface area contributed by atoms with Crippen LogP contribution in [-0.4, -0.2) is 36.6 Å². The van der Waals surface area contributed by atoms with Crippen molar-refractivity contribution >= 4 is 23.1 Å². The number of hydrogen-bond acceptors (Lipinski definition) is 4. The number of hydrogen-bond donors (Lipinski definition) is 1. The first-order valence-electron chi connectivity index (χ1n) is 10.6. The van der Waals surface area contributed by atoms with Crippen LogP contribution in [0.15, 0.2) is 42.6 Å². The van der Waals surface area contributed by atoms with Crippen LogP contribution in [0, 0.1) is 0 Å². The summed E-state index contributed by atoms with van der Waals surface area (Å²) in [6.45, 7) is 5.50. The van der Waals surface area contributed by atoms with E-state index in [2.05, 4.69) is 39.2 Å². The first-order chi connectivity index (χ1) is 13.7. The Kier molecular flexibility index (Phi) is 5.79. The average Bonchev–Trinajstić information content (AvgIpc) is 3.29. The maximum atomic E-state index is 12.8. The average molecular weight is 379 g/mol. The molecule has 2 aliphatic rings. The minimum Gasteiger partial charge on any atom is -0.372 e. The van der Waals surface area contributed by atoms with Crippen molar-refractivity contribution in [3.05, 3.63) is 48.2 Å². The van der Waals surface area contributed by atoms with Gasteiger partial charge in [0.05, 0.1) is 0 Å². The van der Waals surface area contributed by atoms with Crippen LogP contribution in [0.2, 0.25) is 0 Å². The maximum absolute atomic E-state index is 12.8. The van der Waals surface area contributed by atoms with E-state index in [1.165, 1.54) is 37.8 Å². The van der Waals surface area contributed by atoms with Crippen molar-refractivity contribution in [3.63, 3.8) is 0 Å². The van der Waals surface area contributed by atoms with Crippen LogP contribution < -0.4 is 15.1 Å². The lowest BCUT2D eigenvalue weighted by Crippen LogP contribution is -2.39. The molecule has 1 atom stereocenters. The number of benzene rings is 1. The molecular weight excluding hydrogens is 348 g/mol. The summed E-state index contributed by atoms with van der Waals surface area (Å²) in [5.41, 5.74) is 2.72. The van der Waals surface area contributed by atoms with Gasteiger partial charge in [-0.15, -0.1) is 0 Å². The van der Waals surface area contributed by atoms with Crippen LogP contribution in [0.3, 0.4) is 0 Å². The highest BCUT2D eigenvalue weighted by atomic mass is 16.1. The van der Waals surface area contributed by atoms with E-state index in [4.69, 9.17) is 0 Å². The van der Waals surface area contributed by atoms with Crippen molar-refractivity contribution in [3.8, 4) is 0 Å². The Labute approximate surface area is 167 Å². The zero-order valence-electron chi connectivity index (χ0n) is 16.7. The molecule has 4 rings (SSSR count). The molecule has 1 aromatic heterocycles. The number of amides is 1. The highest BCUT2D eigenvalue weighted by molar-refractivity contribution is 6.04. The minimum absolute atomic E-state index is 0.0809. The first kappa shape index (κ1) is 18.8. The summed E-state index contributed by atoms with van der Waals surface area (Å²) in [7, 11) is 0. The van der Waals surface area contributed by atoms with Gasteiger partial charge in [0, 0.05) is 48.8 Å². The van der Waals surface area contributed by atoms with Gasteiger partial charge in [-0.2, -0.15) is 0 Å². The van der Waals surface area contributed by atoms with Crippen molar-refractivity contribution in [2.75, 3.05) is 34.8 Å². The Morgan fingerprint density at radius 1 is 1.07 bits per heavy atom. The molecule has 1 amide bonds. The quantitative estimate of drug-likeness (QED) is 0.819. The second kappa shape index (κ2) is 8.63. The van der Waals surface area contributed by atoms with Gasteiger partial charge >= 0.3 is 0 Å². The molecule has 1 aromatic carbocycles. The monoisotopic (exact) mass is 378 g/mol. The molecule has 0 bridgehead atoms. The molecule has 0 spiro atoms. The van der Waals surface area contributed by atoms with Crippen LogP contribution >= 0.6 is 0 Å². The molecule has 28 heavy (non-hydrogen) atoms.